The Bertz CT molecular complexity index is 816. The van der Waals surface area contributed by atoms with Gasteiger partial charge in [0.25, 0.3) is 11.8 Å². The highest BCUT2D eigenvalue weighted by Gasteiger charge is 2.12. The molecule has 2 N–H and O–H groups in total. The normalized spacial score (nSPS) is 10.2. The van der Waals surface area contributed by atoms with E-state index in [9.17, 15) is 9.59 Å². The van der Waals surface area contributed by atoms with Gasteiger partial charge < -0.3 is 20.1 Å². The first-order valence-corrected chi connectivity index (χ1v) is 9.24. The first kappa shape index (κ1) is 22.8. The predicted molar refractivity (Wildman–Crippen MR) is 113 cm³/mol. The second-order valence-corrected chi connectivity index (χ2v) is 5.28. The summed E-state index contributed by atoms with van der Waals surface area (Å²) < 4.78 is 10.5. The van der Waals surface area contributed by atoms with E-state index in [1.807, 2.05) is 32.9 Å². The van der Waals surface area contributed by atoms with Gasteiger partial charge in [-0.2, -0.15) is 0 Å². The minimum atomic E-state index is -0.380. The van der Waals surface area contributed by atoms with Gasteiger partial charge in [0.05, 0.1) is 19.4 Å². The molecule has 0 aliphatic rings. The first-order valence-electron chi connectivity index (χ1n) is 9.24. The average molecular weight is 384 g/mol. The molecule has 0 atom stereocenters. The summed E-state index contributed by atoms with van der Waals surface area (Å²) in [5.74, 6) is 0.122. The summed E-state index contributed by atoms with van der Waals surface area (Å²) in [6, 6.07) is 13.9. The second-order valence-electron chi connectivity index (χ2n) is 5.28. The molecule has 0 heterocycles. The van der Waals surface area contributed by atoms with Crippen LogP contribution in [-0.2, 0) is 9.53 Å². The average Bonchev–Trinajstić information content (AvgIpc) is 2.72. The molecular formula is C22H28N2O4. The molecule has 0 saturated heterocycles. The molecule has 2 rings (SSSR count). The molecule has 6 heteroatoms. The zero-order valence-corrected chi connectivity index (χ0v) is 17.0. The molecule has 0 unspecified atom stereocenters. The van der Waals surface area contributed by atoms with E-state index in [1.54, 1.807) is 49.4 Å². The molecule has 0 bridgehead atoms. The Morgan fingerprint density at radius 1 is 1.04 bits per heavy atom. The summed E-state index contributed by atoms with van der Waals surface area (Å²) in [5.41, 5.74) is 1.50. The molecule has 6 nitrogen and oxygen atoms in total. The summed E-state index contributed by atoms with van der Waals surface area (Å²) in [7, 11) is 1.43. The van der Waals surface area contributed by atoms with Gasteiger partial charge in [0.2, 0.25) is 0 Å². The summed E-state index contributed by atoms with van der Waals surface area (Å²) in [6.07, 6.45) is 1.57. The SMILES string of the molecule is C/C=C(\OC)C(=O)Nc1cccc(C(=O)Nc2ccccc2OCC)c1.CC. The topological polar surface area (TPSA) is 76.7 Å². The zero-order chi connectivity index (χ0) is 20.9. The minimum absolute atomic E-state index is 0.200. The number of amides is 2. The van der Waals surface area contributed by atoms with Crippen LogP contribution in [-0.4, -0.2) is 25.5 Å². The van der Waals surface area contributed by atoms with Crippen molar-refractivity contribution in [2.24, 2.45) is 0 Å². The van der Waals surface area contributed by atoms with Gasteiger partial charge in [-0.3, -0.25) is 9.59 Å². The third kappa shape index (κ3) is 6.46. The van der Waals surface area contributed by atoms with Crippen LogP contribution in [0.5, 0.6) is 5.75 Å². The van der Waals surface area contributed by atoms with Crippen molar-refractivity contribution in [1.82, 2.24) is 0 Å². The van der Waals surface area contributed by atoms with Crippen molar-refractivity contribution in [2.45, 2.75) is 27.7 Å². The molecule has 0 aliphatic carbocycles. The lowest BCUT2D eigenvalue weighted by Gasteiger charge is -2.12. The summed E-state index contributed by atoms with van der Waals surface area (Å²) in [5, 5.41) is 5.52. The standard InChI is InChI=1S/C20H22N2O4.C2H6/c1-4-17(25-3)20(24)21-15-10-8-9-14(13-15)19(23)22-16-11-6-7-12-18(16)26-5-2;1-2/h4,6-13H,5H2,1-3H3,(H,21,24)(H,22,23);1-2H3/b17-4-;. The van der Waals surface area contributed by atoms with Crippen molar-refractivity contribution in [1.29, 1.82) is 0 Å². The maximum absolute atomic E-state index is 12.5. The van der Waals surface area contributed by atoms with Gasteiger partial charge in [-0.15, -0.1) is 0 Å². The molecule has 2 aromatic rings. The second kappa shape index (κ2) is 12.2. The number of benzene rings is 2. The first-order chi connectivity index (χ1) is 13.6. The molecule has 0 spiro atoms. The molecule has 150 valence electrons. The number of carbonyl (C=O) groups is 2. The summed E-state index contributed by atoms with van der Waals surface area (Å²) in [6.45, 7) is 8.09. The van der Waals surface area contributed by atoms with Gasteiger partial charge in [-0.05, 0) is 50.3 Å². The molecule has 2 amide bonds. The molecule has 0 saturated carbocycles. The van der Waals surface area contributed by atoms with E-state index in [2.05, 4.69) is 10.6 Å². The molecule has 0 radical (unpaired) electrons. The largest absolute Gasteiger partial charge is 0.492 e. The highest BCUT2D eigenvalue weighted by Crippen LogP contribution is 2.24. The fourth-order valence-corrected chi connectivity index (χ4v) is 2.32. The van der Waals surface area contributed by atoms with Gasteiger partial charge in [0.1, 0.15) is 5.75 Å². The van der Waals surface area contributed by atoms with Crippen LogP contribution < -0.4 is 15.4 Å². The smallest absolute Gasteiger partial charge is 0.290 e. The number of para-hydroxylation sites is 2. The minimum Gasteiger partial charge on any atom is -0.492 e. The Morgan fingerprint density at radius 2 is 1.75 bits per heavy atom. The van der Waals surface area contributed by atoms with E-state index in [-0.39, 0.29) is 17.6 Å². The maximum Gasteiger partial charge on any atom is 0.290 e. The Hall–Kier alpha value is -3.28. The number of methoxy groups -OCH3 is 1. The Kier molecular flexibility index (Phi) is 9.89. The van der Waals surface area contributed by atoms with Crippen LogP contribution in [0.2, 0.25) is 0 Å². The maximum atomic E-state index is 12.5. The Balaban J connectivity index is 0.00000190. The third-order valence-electron chi connectivity index (χ3n) is 3.52. The van der Waals surface area contributed by atoms with Crippen LogP contribution in [0.25, 0.3) is 0 Å². The van der Waals surface area contributed by atoms with Gasteiger partial charge in [-0.25, -0.2) is 0 Å². The van der Waals surface area contributed by atoms with E-state index >= 15 is 0 Å². The lowest BCUT2D eigenvalue weighted by atomic mass is 10.1. The van der Waals surface area contributed by atoms with Crippen LogP contribution in [0, 0.1) is 0 Å². The van der Waals surface area contributed by atoms with Gasteiger partial charge in [-0.1, -0.05) is 32.0 Å². The number of hydrogen-bond acceptors (Lipinski definition) is 4. The number of ether oxygens (including phenoxy) is 2. The quantitative estimate of drug-likeness (QED) is 0.528. The van der Waals surface area contributed by atoms with Crippen LogP contribution in [0.3, 0.4) is 0 Å². The van der Waals surface area contributed by atoms with E-state index in [1.165, 1.54) is 7.11 Å². The van der Waals surface area contributed by atoms with Crippen LogP contribution in [0.15, 0.2) is 60.4 Å². The number of hydrogen-bond donors (Lipinski definition) is 2. The fourth-order valence-electron chi connectivity index (χ4n) is 2.32. The van der Waals surface area contributed by atoms with Crippen LogP contribution in [0.1, 0.15) is 38.1 Å². The lowest BCUT2D eigenvalue weighted by molar-refractivity contribution is -0.115. The molecule has 0 aromatic heterocycles. The van der Waals surface area contributed by atoms with E-state index in [0.29, 0.717) is 29.3 Å². The van der Waals surface area contributed by atoms with Crippen LogP contribution in [0.4, 0.5) is 11.4 Å². The fraction of sp³-hybridized carbons (Fsp3) is 0.273. The number of allylic oxidation sites excluding steroid dienone is 1. The monoisotopic (exact) mass is 384 g/mol. The zero-order valence-electron chi connectivity index (χ0n) is 17.0. The Morgan fingerprint density at radius 3 is 2.39 bits per heavy atom. The lowest BCUT2D eigenvalue weighted by Crippen LogP contribution is -2.17. The van der Waals surface area contributed by atoms with Crippen molar-refractivity contribution in [3.05, 3.63) is 65.9 Å². The number of nitrogens with one attached hydrogen (secondary N) is 2. The molecule has 0 aliphatic heterocycles. The molecule has 0 fully saturated rings. The van der Waals surface area contributed by atoms with Crippen LogP contribution >= 0.6 is 0 Å². The molecule has 28 heavy (non-hydrogen) atoms. The highest BCUT2D eigenvalue weighted by atomic mass is 16.5. The van der Waals surface area contributed by atoms with Crippen molar-refractivity contribution >= 4 is 23.2 Å². The molecular weight excluding hydrogens is 356 g/mol. The van der Waals surface area contributed by atoms with Gasteiger partial charge in [0.15, 0.2) is 5.76 Å². The van der Waals surface area contributed by atoms with E-state index in [4.69, 9.17) is 9.47 Å². The van der Waals surface area contributed by atoms with Crippen molar-refractivity contribution in [2.75, 3.05) is 24.4 Å². The van der Waals surface area contributed by atoms with Crippen molar-refractivity contribution < 1.29 is 19.1 Å². The predicted octanol–water partition coefficient (Wildman–Crippen LogP) is 4.85. The Labute approximate surface area is 166 Å². The molecule has 2 aromatic carbocycles. The van der Waals surface area contributed by atoms with E-state index in [0.717, 1.165) is 0 Å². The van der Waals surface area contributed by atoms with Gasteiger partial charge in [0, 0.05) is 11.3 Å². The van der Waals surface area contributed by atoms with Crippen molar-refractivity contribution in [3.63, 3.8) is 0 Å². The third-order valence-corrected chi connectivity index (χ3v) is 3.52. The summed E-state index contributed by atoms with van der Waals surface area (Å²) in [4.78, 5) is 24.6. The number of rotatable bonds is 7. The number of carbonyl (C=O) groups excluding carboxylic acids is 2. The highest BCUT2D eigenvalue weighted by molar-refractivity contribution is 6.07. The van der Waals surface area contributed by atoms with Crippen molar-refractivity contribution in [3.8, 4) is 5.75 Å². The van der Waals surface area contributed by atoms with Gasteiger partial charge >= 0.3 is 0 Å². The number of anilines is 2. The van der Waals surface area contributed by atoms with E-state index < -0.39 is 0 Å². The summed E-state index contributed by atoms with van der Waals surface area (Å²) >= 11 is 0.